The molecule has 3 N–H and O–H groups in total. The van der Waals surface area contributed by atoms with Crippen LogP contribution in [0.1, 0.15) is 6.42 Å². The van der Waals surface area contributed by atoms with Gasteiger partial charge >= 0.3 is 0 Å². The largest absolute Gasteiger partial charge is 0.356 e. The van der Waals surface area contributed by atoms with Crippen molar-refractivity contribution in [2.24, 2.45) is 4.99 Å². The summed E-state index contributed by atoms with van der Waals surface area (Å²) in [6.45, 7) is 2.05. The molecule has 0 unspecified atom stereocenters. The van der Waals surface area contributed by atoms with E-state index in [-0.39, 0.29) is 35.5 Å². The predicted octanol–water partition coefficient (Wildman–Crippen LogP) is 1.31. The van der Waals surface area contributed by atoms with Gasteiger partial charge in [-0.1, -0.05) is 11.6 Å². The van der Waals surface area contributed by atoms with E-state index >= 15 is 0 Å². The summed E-state index contributed by atoms with van der Waals surface area (Å²) in [5.74, 6) is -0.223. The Morgan fingerprint density at radius 1 is 1.36 bits per heavy atom. The summed E-state index contributed by atoms with van der Waals surface area (Å²) < 4.78 is 39.8. The van der Waals surface area contributed by atoms with E-state index in [9.17, 15) is 12.8 Å². The number of rotatable bonds is 5. The van der Waals surface area contributed by atoms with Gasteiger partial charge in [-0.2, -0.15) is 0 Å². The van der Waals surface area contributed by atoms with Gasteiger partial charge in [0.2, 0.25) is 10.0 Å². The first-order valence-corrected chi connectivity index (χ1v) is 8.32. The monoisotopic (exact) mass is 462 g/mol. The molecular formula is C12H17ClFIN4O2S. The highest BCUT2D eigenvalue weighted by molar-refractivity contribution is 14.0. The van der Waals surface area contributed by atoms with Crippen LogP contribution in [0.3, 0.4) is 0 Å². The molecule has 0 bridgehead atoms. The van der Waals surface area contributed by atoms with Crippen LogP contribution in [-0.2, 0) is 10.0 Å². The summed E-state index contributed by atoms with van der Waals surface area (Å²) >= 11 is 5.59. The van der Waals surface area contributed by atoms with Crippen molar-refractivity contribution in [3.8, 4) is 0 Å². The maximum atomic E-state index is 13.6. The van der Waals surface area contributed by atoms with E-state index in [1.807, 2.05) is 0 Å². The van der Waals surface area contributed by atoms with E-state index in [4.69, 9.17) is 11.6 Å². The third-order valence-electron chi connectivity index (χ3n) is 2.79. The molecule has 6 nitrogen and oxygen atoms in total. The van der Waals surface area contributed by atoms with Crippen molar-refractivity contribution >= 4 is 51.6 Å². The fraction of sp³-hybridized carbons (Fsp3) is 0.417. The first kappa shape index (κ1) is 19.4. The topological polar surface area (TPSA) is 82.6 Å². The second-order valence-electron chi connectivity index (χ2n) is 4.41. The van der Waals surface area contributed by atoms with Crippen LogP contribution < -0.4 is 15.4 Å². The maximum absolute atomic E-state index is 13.6. The Morgan fingerprint density at radius 3 is 2.77 bits per heavy atom. The molecule has 0 saturated heterocycles. The Balaban J connectivity index is 0.00000242. The Labute approximate surface area is 151 Å². The van der Waals surface area contributed by atoms with Crippen LogP contribution in [0.5, 0.6) is 0 Å². The average molecular weight is 463 g/mol. The van der Waals surface area contributed by atoms with Gasteiger partial charge < -0.3 is 10.6 Å². The summed E-state index contributed by atoms with van der Waals surface area (Å²) in [5, 5.41) is 6.16. The third kappa shape index (κ3) is 5.52. The van der Waals surface area contributed by atoms with Crippen LogP contribution in [0.25, 0.3) is 0 Å². The lowest BCUT2D eigenvalue weighted by Crippen LogP contribution is -2.43. The molecule has 0 fully saturated rings. The van der Waals surface area contributed by atoms with Crippen molar-refractivity contribution in [2.45, 2.75) is 11.3 Å². The van der Waals surface area contributed by atoms with Crippen LogP contribution in [0.4, 0.5) is 4.39 Å². The molecule has 22 heavy (non-hydrogen) atoms. The van der Waals surface area contributed by atoms with Gasteiger partial charge in [-0.25, -0.2) is 17.5 Å². The molecule has 0 aromatic heterocycles. The fourth-order valence-corrected chi connectivity index (χ4v) is 3.04. The average Bonchev–Trinajstić information content (AvgIpc) is 2.44. The summed E-state index contributed by atoms with van der Waals surface area (Å²) in [7, 11) is -3.89. The molecule has 1 aromatic carbocycles. The lowest BCUT2D eigenvalue weighted by atomic mass is 10.3. The lowest BCUT2D eigenvalue weighted by molar-refractivity contribution is 0.556. The van der Waals surface area contributed by atoms with Gasteiger partial charge in [0.15, 0.2) is 5.96 Å². The van der Waals surface area contributed by atoms with Gasteiger partial charge in [0, 0.05) is 31.2 Å². The lowest BCUT2D eigenvalue weighted by Gasteiger charge is -2.16. The molecule has 0 radical (unpaired) electrons. The zero-order valence-electron chi connectivity index (χ0n) is 11.6. The highest BCUT2D eigenvalue weighted by Crippen LogP contribution is 2.18. The van der Waals surface area contributed by atoms with Crippen molar-refractivity contribution in [1.82, 2.24) is 15.4 Å². The molecule has 2 rings (SSSR count). The minimum absolute atomic E-state index is 0. The second-order valence-corrected chi connectivity index (χ2v) is 6.58. The Kier molecular flexibility index (Phi) is 7.80. The van der Waals surface area contributed by atoms with E-state index in [2.05, 4.69) is 20.3 Å². The van der Waals surface area contributed by atoms with Crippen LogP contribution in [-0.4, -0.2) is 40.6 Å². The Hall–Kier alpha value is -0.650. The normalized spacial score (nSPS) is 14.5. The summed E-state index contributed by atoms with van der Waals surface area (Å²) in [4.78, 5) is 3.77. The number of guanidine groups is 1. The van der Waals surface area contributed by atoms with Gasteiger partial charge in [0.1, 0.15) is 10.7 Å². The van der Waals surface area contributed by atoms with Crippen LogP contribution in [0, 0.1) is 5.82 Å². The number of nitrogens with zero attached hydrogens (tertiary/aromatic N) is 1. The third-order valence-corrected chi connectivity index (χ3v) is 4.52. The first-order chi connectivity index (χ1) is 9.99. The fourth-order valence-electron chi connectivity index (χ4n) is 1.79. The molecule has 0 amide bonds. The van der Waals surface area contributed by atoms with Crippen molar-refractivity contribution in [3.63, 3.8) is 0 Å². The number of nitrogens with one attached hydrogen (secondary N) is 3. The van der Waals surface area contributed by atoms with Crippen molar-refractivity contribution in [2.75, 3.05) is 26.2 Å². The minimum Gasteiger partial charge on any atom is -0.356 e. The Bertz CT molecular complexity index is 642. The SMILES string of the molecule is I.O=S(=O)(NCCNC1=NCCCN1)c1ccc(Cl)cc1F. The first-order valence-electron chi connectivity index (χ1n) is 6.46. The minimum atomic E-state index is -3.89. The van der Waals surface area contributed by atoms with E-state index < -0.39 is 20.7 Å². The van der Waals surface area contributed by atoms with E-state index in [0.29, 0.717) is 12.5 Å². The number of sulfonamides is 1. The zero-order valence-corrected chi connectivity index (χ0v) is 15.5. The maximum Gasteiger partial charge on any atom is 0.243 e. The molecule has 1 heterocycles. The molecule has 0 saturated carbocycles. The number of halogens is 3. The predicted molar refractivity (Wildman–Crippen MR) is 94.9 cm³/mol. The molecule has 0 spiro atoms. The highest BCUT2D eigenvalue weighted by Gasteiger charge is 2.18. The number of aliphatic imine (C=N–C) groups is 1. The van der Waals surface area contributed by atoms with Gasteiger partial charge in [-0.3, -0.25) is 4.99 Å². The second kappa shape index (κ2) is 8.85. The molecule has 1 aliphatic rings. The van der Waals surface area contributed by atoms with Gasteiger partial charge in [-0.15, -0.1) is 24.0 Å². The zero-order chi connectivity index (χ0) is 15.3. The van der Waals surface area contributed by atoms with Crippen LogP contribution in [0.2, 0.25) is 5.02 Å². The van der Waals surface area contributed by atoms with Crippen LogP contribution >= 0.6 is 35.6 Å². The summed E-state index contributed by atoms with van der Waals surface area (Å²) in [6, 6.07) is 3.44. The van der Waals surface area contributed by atoms with E-state index in [1.165, 1.54) is 6.07 Å². The molecule has 1 aliphatic heterocycles. The smallest absolute Gasteiger partial charge is 0.243 e. The van der Waals surface area contributed by atoms with Crippen molar-refractivity contribution in [3.05, 3.63) is 29.0 Å². The van der Waals surface area contributed by atoms with Crippen LogP contribution in [0.15, 0.2) is 28.1 Å². The summed E-state index contributed by atoms with van der Waals surface area (Å²) in [6.07, 6.45) is 0.980. The molecule has 0 atom stereocenters. The number of hydrogen-bond acceptors (Lipinski definition) is 5. The van der Waals surface area contributed by atoms with Gasteiger partial charge in [0.05, 0.1) is 0 Å². The molecular weight excluding hydrogens is 446 g/mol. The quantitative estimate of drug-likeness (QED) is 0.455. The molecule has 0 aliphatic carbocycles. The van der Waals surface area contributed by atoms with E-state index in [0.717, 1.165) is 31.6 Å². The van der Waals surface area contributed by atoms with Gasteiger partial charge in [-0.05, 0) is 24.6 Å². The molecule has 124 valence electrons. The summed E-state index contributed by atoms with van der Waals surface area (Å²) in [5.41, 5.74) is 0. The molecule has 10 heteroatoms. The number of benzene rings is 1. The van der Waals surface area contributed by atoms with Crippen molar-refractivity contribution in [1.29, 1.82) is 0 Å². The number of hydrogen-bond donors (Lipinski definition) is 3. The Morgan fingerprint density at radius 2 is 2.14 bits per heavy atom. The van der Waals surface area contributed by atoms with Gasteiger partial charge in [0.25, 0.3) is 0 Å². The van der Waals surface area contributed by atoms with E-state index in [1.54, 1.807) is 0 Å². The molecule has 1 aromatic rings. The highest BCUT2D eigenvalue weighted by atomic mass is 127. The van der Waals surface area contributed by atoms with Crippen molar-refractivity contribution < 1.29 is 12.8 Å². The standard InChI is InChI=1S/C12H16ClFN4O2S.HI/c13-9-2-3-11(10(14)8-9)21(19,20)18-7-6-17-12-15-4-1-5-16-12;/h2-3,8,18H,1,4-7H2,(H2,15,16,17);1H.